The van der Waals surface area contributed by atoms with Gasteiger partial charge < -0.3 is 0 Å². The summed E-state index contributed by atoms with van der Waals surface area (Å²) in [7, 11) is 0. The van der Waals surface area contributed by atoms with Crippen LogP contribution in [0.15, 0.2) is 188 Å². The van der Waals surface area contributed by atoms with E-state index in [-0.39, 0.29) is 94.5 Å². The molecule has 0 radical (unpaired) electrons. The summed E-state index contributed by atoms with van der Waals surface area (Å²) in [5.74, 6) is -2.31. The lowest BCUT2D eigenvalue weighted by Crippen LogP contribution is -2.29. The van der Waals surface area contributed by atoms with Gasteiger partial charge in [0, 0.05) is 12.3 Å². The molecule has 9 aromatic carbocycles. The van der Waals surface area contributed by atoms with Gasteiger partial charge in [-0.15, -0.1) is 0 Å². The van der Waals surface area contributed by atoms with Gasteiger partial charge in [0.05, 0.1) is 0 Å². The Morgan fingerprint density at radius 3 is 0.806 bits per heavy atom. The summed E-state index contributed by atoms with van der Waals surface area (Å²) in [6, 6.07) is 65.6. The van der Waals surface area contributed by atoms with E-state index in [2.05, 4.69) is 429 Å². The molecule has 0 nitrogen and oxygen atoms in total. The van der Waals surface area contributed by atoms with E-state index in [0.717, 1.165) is 33.4 Å². The van der Waals surface area contributed by atoms with E-state index in [1.54, 1.807) is 11.6 Å². The van der Waals surface area contributed by atoms with Crippen molar-refractivity contribution in [3.8, 4) is 11.1 Å². The number of aryl methyl sites for hydroxylation is 2. The minimum Gasteiger partial charge on any atom is -0.0625 e. The monoisotopic (exact) mass is 1760 g/mol. The van der Waals surface area contributed by atoms with E-state index in [9.17, 15) is 0 Å². The Hall–Kier alpha value is -7.02. The maximum absolute atomic E-state index is 8.50. The molecule has 0 heteroatoms. The Balaban J connectivity index is 0.000000537. The Bertz CT molecular complexity index is 5000. The van der Waals surface area contributed by atoms with E-state index < -0.39 is 30.4 Å². The normalized spacial score (nSPS) is 14.7. The third-order valence-electron chi connectivity index (χ3n) is 23.1. The van der Waals surface area contributed by atoms with Crippen LogP contribution in [-0.4, -0.2) is 0 Å². The molecule has 0 aromatic heterocycles. The van der Waals surface area contributed by atoms with Crippen molar-refractivity contribution in [3.05, 3.63) is 305 Å². The standard InChI is InChI=1S/C22H38.C18H30.2C17H28.C16H18.C14H22.C13H20.C12H18/c1-19(2,3)15-13-16(20(4,5)6)18(22(10,11)12)17(14-15)21(7,8)9;1-13(2)11-15-9-8-10-16(12-14(3)4)17(15)18(5,6)7;2*1-12(2)13-10-9-11-14(16(3,4)5)15(13)17(6,7)8;1-16(2,3)15-12-8-7-11-14(15)13-9-5-4-6-10-13;1-13(2,3)11-9-7-8-10-12(11)14(4,5)6;1-10(2)11-8-6-7-9-12(11)13(3,4)5;1-9-7-6-8-10(2)11(9)12(3,4)5/h13-14H,1-12H3;8-10,13-14H,11-12H2,1-7H3;2*9-12H,1-8H3;4-12H,1-3H3;7-10H,1-6H3;6-10H,1-5H3;6-8H,1-5H3/i;11D2,12D2;1D,3D,12D;12D;;;10D;. The SMILES string of the molecule is CC(C)(C)c1cc(C(C)(C)C)c(C(C)(C)C)c(C(C)(C)C)c1.CC(C)(C)c1ccccc1-c1ccccc1.CC(C)(C)c1ccccc1C(C)(C)C.Cc1cccc(C)c1C(C)(C)C.[2H]C(C)(C)c1cccc(C(C)(C)C)c1C(C)(C)C.[2H]C(C)(C)c1ccccc1C(C)(C)C.[2H]C([2H])(c1cccc(C([2H])([2H])C(C)C)c1C(C)(C)C)C(C)C.[2H]CC([2H])(C)c1cccc(C(C)(C)C[2H])c1C(C)(C)C. The van der Waals surface area contributed by atoms with Crippen LogP contribution in [-0.2, 0) is 88.6 Å². The van der Waals surface area contributed by atoms with Gasteiger partial charge >= 0.3 is 0 Å². The fraction of sp³-hybridized carbons (Fsp3) is 0.581. The Morgan fingerprint density at radius 2 is 0.512 bits per heavy atom. The molecule has 718 valence electrons. The van der Waals surface area contributed by atoms with Gasteiger partial charge in [0.2, 0.25) is 0 Å². The quantitative estimate of drug-likeness (QED) is 0.142. The Kier molecular flexibility index (Phi) is 36.8. The van der Waals surface area contributed by atoms with Crippen molar-refractivity contribution in [2.24, 2.45) is 11.8 Å². The highest BCUT2D eigenvalue weighted by molar-refractivity contribution is 5.68. The fourth-order valence-corrected chi connectivity index (χ4v) is 17.3. The molecule has 0 aliphatic carbocycles. The van der Waals surface area contributed by atoms with Crippen molar-refractivity contribution in [1.29, 1.82) is 0 Å². The third kappa shape index (κ3) is 37.4. The zero-order valence-corrected chi connectivity index (χ0v) is 93.5. The summed E-state index contributed by atoms with van der Waals surface area (Å²) in [6.07, 6.45) is -2.96. The number of benzene rings is 9. The predicted molar refractivity (Wildman–Crippen MR) is 588 cm³/mol. The number of hydrogen-bond donors (Lipinski definition) is 0. The molecule has 0 heterocycles. The molecular weight excluding hydrogens is 1550 g/mol. The van der Waals surface area contributed by atoms with E-state index >= 15 is 0 Å². The largest absolute Gasteiger partial charge is 0.0625 e. The van der Waals surface area contributed by atoms with Crippen molar-refractivity contribution in [2.75, 3.05) is 0 Å². The van der Waals surface area contributed by atoms with Crippen LogP contribution in [0, 0.1) is 25.7 Å². The molecule has 0 spiro atoms. The maximum atomic E-state index is 8.50. The molecule has 0 N–H and O–H groups in total. The number of hydrogen-bond acceptors (Lipinski definition) is 0. The average molecular weight is 1760 g/mol. The first kappa shape index (κ1) is 102. The van der Waals surface area contributed by atoms with Crippen molar-refractivity contribution >= 4 is 0 Å². The number of rotatable bonds is 8. The smallest absolute Gasteiger partial charge is 0.0347 e. The van der Waals surface area contributed by atoms with Gasteiger partial charge in [0.15, 0.2) is 0 Å². The van der Waals surface area contributed by atoms with Crippen LogP contribution in [0.3, 0.4) is 0 Å². The topological polar surface area (TPSA) is 0 Å². The zero-order valence-electron chi connectivity index (χ0n) is 102. The van der Waals surface area contributed by atoms with E-state index in [1.165, 1.54) is 77.9 Å². The maximum Gasteiger partial charge on any atom is 0.0347 e. The minimum atomic E-state index is -1.48. The summed E-state index contributed by atoms with van der Waals surface area (Å²) in [5, 5.41) is 0. The molecular formula is C129H202. The molecule has 0 bridgehead atoms. The van der Waals surface area contributed by atoms with Crippen molar-refractivity contribution in [2.45, 2.75) is 480 Å². The van der Waals surface area contributed by atoms with Gasteiger partial charge in [-0.05, 0) is 260 Å². The molecule has 0 saturated heterocycles. The molecule has 1 atom stereocenters. The molecule has 0 amide bonds. The zero-order chi connectivity index (χ0) is 108. The molecule has 0 aliphatic rings. The Morgan fingerprint density at radius 1 is 0.233 bits per heavy atom. The van der Waals surface area contributed by atoms with Gasteiger partial charge in [-0.1, -0.05) is 548 Å². The molecule has 9 aromatic rings. The highest BCUT2D eigenvalue weighted by atomic mass is 14.4. The lowest BCUT2D eigenvalue weighted by Gasteiger charge is -2.38. The van der Waals surface area contributed by atoms with E-state index in [1.807, 2.05) is 113 Å². The van der Waals surface area contributed by atoms with Gasteiger partial charge in [-0.3, -0.25) is 0 Å². The van der Waals surface area contributed by atoms with Gasteiger partial charge in [-0.2, -0.15) is 0 Å². The molecule has 0 aliphatic heterocycles. The van der Waals surface area contributed by atoms with Crippen LogP contribution in [0.25, 0.3) is 11.1 Å². The molecule has 0 fully saturated rings. The first-order chi connectivity index (χ1) is 61.5. The van der Waals surface area contributed by atoms with Crippen molar-refractivity contribution in [3.63, 3.8) is 0 Å². The van der Waals surface area contributed by atoms with Crippen LogP contribution in [0.2, 0.25) is 0 Å². The second kappa shape index (κ2) is 46.3. The third-order valence-corrected chi connectivity index (χ3v) is 23.1. The van der Waals surface area contributed by atoms with Crippen LogP contribution >= 0.6 is 0 Å². The summed E-state index contributed by atoms with van der Waals surface area (Å²) >= 11 is 0. The van der Waals surface area contributed by atoms with Crippen LogP contribution in [0.4, 0.5) is 0 Å². The summed E-state index contributed by atoms with van der Waals surface area (Å²) < 4.78 is 74.5. The summed E-state index contributed by atoms with van der Waals surface area (Å²) in [4.78, 5) is 0. The summed E-state index contributed by atoms with van der Waals surface area (Å²) in [5.41, 5.74) is 30.1. The second-order valence-corrected chi connectivity index (χ2v) is 51.9. The lowest BCUT2D eigenvalue weighted by atomic mass is 9.66. The first-order valence-electron chi connectivity index (χ1n) is 53.5. The van der Waals surface area contributed by atoms with Crippen LogP contribution < -0.4 is 0 Å². The van der Waals surface area contributed by atoms with E-state index in [0.29, 0.717) is 18.0 Å². The van der Waals surface area contributed by atoms with E-state index in [4.69, 9.17) is 12.3 Å². The first-order valence-corrected chi connectivity index (χ1v) is 48.6. The molecule has 129 heavy (non-hydrogen) atoms. The molecule has 0 saturated carbocycles. The van der Waals surface area contributed by atoms with Gasteiger partial charge in [0.1, 0.15) is 0 Å². The molecule has 1 unspecified atom stereocenters. The lowest BCUT2D eigenvalue weighted by molar-refractivity contribution is 0.490. The Labute approximate surface area is 815 Å². The average Bonchev–Trinajstić information content (AvgIpc) is 0.763. The second-order valence-electron chi connectivity index (χ2n) is 51.9. The van der Waals surface area contributed by atoms with Gasteiger partial charge in [0.25, 0.3) is 0 Å². The predicted octanol–water partition coefficient (Wildman–Crippen LogP) is 39.7. The minimum absolute atomic E-state index is 0.0425. The van der Waals surface area contributed by atoms with Crippen molar-refractivity contribution < 1.29 is 12.3 Å². The van der Waals surface area contributed by atoms with Gasteiger partial charge in [-0.25, -0.2) is 0 Å². The summed E-state index contributed by atoms with van der Waals surface area (Å²) in [6.45, 7) is 114. The van der Waals surface area contributed by atoms with Crippen LogP contribution in [0.5, 0.6) is 0 Å². The molecule has 9 rings (SSSR count). The van der Waals surface area contributed by atoms with Crippen LogP contribution in [0.1, 0.15) is 507 Å². The highest BCUT2D eigenvalue weighted by Gasteiger charge is 2.36. The van der Waals surface area contributed by atoms with Crippen molar-refractivity contribution in [1.82, 2.24) is 0 Å². The highest BCUT2D eigenvalue weighted by Crippen LogP contribution is 2.46. The fourth-order valence-electron chi connectivity index (χ4n) is 17.3.